The SMILES string of the molecule is O=C(Nc1cccc2cn[nH]c12)c1csc(I)c1. The Hall–Kier alpha value is -1.41. The largest absolute Gasteiger partial charge is 0.320 e. The molecular weight excluding hydrogens is 361 g/mol. The molecular formula is C12H8IN3OS. The van der Waals surface area contributed by atoms with Gasteiger partial charge in [0, 0.05) is 10.8 Å². The summed E-state index contributed by atoms with van der Waals surface area (Å²) < 4.78 is 1.09. The van der Waals surface area contributed by atoms with Crippen LogP contribution in [0, 0.1) is 2.88 Å². The number of thiophene rings is 1. The first-order valence-electron chi connectivity index (χ1n) is 5.21. The summed E-state index contributed by atoms with van der Waals surface area (Å²) in [5.74, 6) is -0.101. The van der Waals surface area contributed by atoms with Gasteiger partial charge in [-0.3, -0.25) is 9.89 Å². The van der Waals surface area contributed by atoms with E-state index in [-0.39, 0.29) is 5.91 Å². The predicted octanol–water partition coefficient (Wildman–Crippen LogP) is 3.48. The third-order valence-corrected chi connectivity index (χ3v) is 4.34. The summed E-state index contributed by atoms with van der Waals surface area (Å²) in [5, 5.41) is 12.6. The Balaban J connectivity index is 1.92. The number of carbonyl (C=O) groups is 1. The second-order valence-electron chi connectivity index (χ2n) is 3.73. The van der Waals surface area contributed by atoms with Crippen LogP contribution < -0.4 is 5.32 Å². The first kappa shape index (κ1) is 11.7. The minimum absolute atomic E-state index is 0.101. The molecule has 3 rings (SSSR count). The molecule has 4 nitrogen and oxygen atoms in total. The molecule has 0 atom stereocenters. The highest BCUT2D eigenvalue weighted by molar-refractivity contribution is 14.1. The number of anilines is 1. The van der Waals surface area contributed by atoms with E-state index in [0.29, 0.717) is 5.56 Å². The molecule has 0 aliphatic carbocycles. The topological polar surface area (TPSA) is 57.8 Å². The lowest BCUT2D eigenvalue weighted by atomic mass is 10.2. The number of H-pyrrole nitrogens is 1. The fourth-order valence-electron chi connectivity index (χ4n) is 1.70. The van der Waals surface area contributed by atoms with Crippen molar-refractivity contribution in [3.05, 3.63) is 44.3 Å². The van der Waals surface area contributed by atoms with Crippen LogP contribution in [-0.4, -0.2) is 16.1 Å². The first-order valence-corrected chi connectivity index (χ1v) is 7.17. The van der Waals surface area contributed by atoms with Gasteiger partial charge in [0.2, 0.25) is 0 Å². The molecule has 90 valence electrons. The Labute approximate surface area is 121 Å². The van der Waals surface area contributed by atoms with E-state index in [9.17, 15) is 4.79 Å². The van der Waals surface area contributed by atoms with Crippen molar-refractivity contribution in [3.63, 3.8) is 0 Å². The quantitative estimate of drug-likeness (QED) is 0.680. The molecule has 6 heteroatoms. The molecule has 0 spiro atoms. The second kappa shape index (κ2) is 4.69. The molecule has 0 aliphatic rings. The van der Waals surface area contributed by atoms with E-state index in [1.165, 1.54) is 0 Å². The van der Waals surface area contributed by atoms with E-state index in [1.807, 2.05) is 29.6 Å². The standard InChI is InChI=1S/C12H8IN3OS/c13-10-4-8(6-18-10)12(17)15-9-3-1-2-7-5-14-16-11(7)9/h1-6H,(H,14,16)(H,15,17). The summed E-state index contributed by atoms with van der Waals surface area (Å²) in [6.07, 6.45) is 1.73. The molecule has 2 heterocycles. The highest BCUT2D eigenvalue weighted by Crippen LogP contribution is 2.22. The molecule has 0 unspecified atom stereocenters. The summed E-state index contributed by atoms with van der Waals surface area (Å²) >= 11 is 3.75. The third kappa shape index (κ3) is 2.13. The number of halogens is 1. The molecule has 3 aromatic rings. The van der Waals surface area contributed by atoms with Crippen LogP contribution in [0.5, 0.6) is 0 Å². The molecule has 0 bridgehead atoms. The van der Waals surface area contributed by atoms with Gasteiger partial charge in [0.1, 0.15) is 0 Å². The summed E-state index contributed by atoms with van der Waals surface area (Å²) in [6, 6.07) is 7.57. The van der Waals surface area contributed by atoms with Gasteiger partial charge in [0.25, 0.3) is 5.91 Å². The van der Waals surface area contributed by atoms with Gasteiger partial charge in [-0.15, -0.1) is 11.3 Å². The summed E-state index contributed by atoms with van der Waals surface area (Å²) in [6.45, 7) is 0. The average molecular weight is 369 g/mol. The van der Waals surface area contributed by atoms with Crippen LogP contribution in [0.15, 0.2) is 35.8 Å². The fraction of sp³-hybridized carbons (Fsp3) is 0. The van der Waals surface area contributed by atoms with Gasteiger partial charge in [-0.05, 0) is 34.7 Å². The number of hydrogen-bond acceptors (Lipinski definition) is 3. The number of aromatic amines is 1. The fourth-order valence-corrected chi connectivity index (χ4v) is 3.02. The van der Waals surface area contributed by atoms with Crippen LogP contribution in [0.3, 0.4) is 0 Å². The van der Waals surface area contributed by atoms with Crippen molar-refractivity contribution in [2.45, 2.75) is 0 Å². The molecule has 0 saturated carbocycles. The van der Waals surface area contributed by atoms with E-state index in [2.05, 4.69) is 38.1 Å². The zero-order chi connectivity index (χ0) is 12.5. The number of benzene rings is 1. The van der Waals surface area contributed by atoms with Crippen molar-refractivity contribution in [2.24, 2.45) is 0 Å². The molecule has 1 amide bonds. The van der Waals surface area contributed by atoms with Crippen molar-refractivity contribution in [1.82, 2.24) is 10.2 Å². The van der Waals surface area contributed by atoms with E-state index >= 15 is 0 Å². The Kier molecular flexibility index (Phi) is 3.04. The van der Waals surface area contributed by atoms with Crippen LogP contribution in [0.1, 0.15) is 10.4 Å². The molecule has 18 heavy (non-hydrogen) atoms. The molecule has 0 saturated heterocycles. The monoisotopic (exact) mass is 369 g/mol. The lowest BCUT2D eigenvalue weighted by molar-refractivity contribution is 0.102. The molecule has 0 fully saturated rings. The summed E-state index contributed by atoms with van der Waals surface area (Å²) in [7, 11) is 0. The van der Waals surface area contributed by atoms with Crippen LogP contribution in [0.2, 0.25) is 0 Å². The maximum atomic E-state index is 12.1. The van der Waals surface area contributed by atoms with Crippen molar-refractivity contribution in [3.8, 4) is 0 Å². The number of aromatic nitrogens is 2. The van der Waals surface area contributed by atoms with E-state index in [4.69, 9.17) is 0 Å². The highest BCUT2D eigenvalue weighted by Gasteiger charge is 2.10. The Morgan fingerprint density at radius 1 is 1.44 bits per heavy atom. The second-order valence-corrected chi connectivity index (χ2v) is 6.54. The van der Waals surface area contributed by atoms with Crippen LogP contribution in [0.4, 0.5) is 5.69 Å². The van der Waals surface area contributed by atoms with Gasteiger partial charge < -0.3 is 5.32 Å². The lowest BCUT2D eigenvalue weighted by Crippen LogP contribution is -2.11. The molecule has 2 N–H and O–H groups in total. The molecule has 1 aromatic carbocycles. The van der Waals surface area contributed by atoms with E-state index < -0.39 is 0 Å². The van der Waals surface area contributed by atoms with Crippen molar-refractivity contribution >= 4 is 56.4 Å². The first-order chi connectivity index (χ1) is 8.74. The minimum Gasteiger partial charge on any atom is -0.320 e. The van der Waals surface area contributed by atoms with Crippen molar-refractivity contribution in [1.29, 1.82) is 0 Å². The smallest absolute Gasteiger partial charge is 0.256 e. The number of nitrogens with zero attached hydrogens (tertiary/aromatic N) is 1. The van der Waals surface area contributed by atoms with Gasteiger partial charge in [-0.25, -0.2) is 0 Å². The normalized spacial score (nSPS) is 10.7. The van der Waals surface area contributed by atoms with E-state index in [1.54, 1.807) is 17.5 Å². The Bertz CT molecular complexity index is 719. The number of fused-ring (bicyclic) bond motifs is 1. The Morgan fingerprint density at radius 3 is 3.11 bits per heavy atom. The molecule has 2 aromatic heterocycles. The maximum Gasteiger partial charge on any atom is 0.256 e. The Morgan fingerprint density at radius 2 is 2.33 bits per heavy atom. The molecule has 0 radical (unpaired) electrons. The number of hydrogen-bond donors (Lipinski definition) is 2. The van der Waals surface area contributed by atoms with Gasteiger partial charge in [0.15, 0.2) is 0 Å². The number of para-hydroxylation sites is 1. The van der Waals surface area contributed by atoms with Gasteiger partial charge in [-0.1, -0.05) is 12.1 Å². The number of carbonyl (C=O) groups excluding carboxylic acids is 1. The lowest BCUT2D eigenvalue weighted by Gasteiger charge is -2.04. The van der Waals surface area contributed by atoms with Gasteiger partial charge in [0.05, 0.1) is 25.8 Å². The third-order valence-electron chi connectivity index (χ3n) is 2.55. The summed E-state index contributed by atoms with van der Waals surface area (Å²) in [5.41, 5.74) is 2.27. The van der Waals surface area contributed by atoms with Crippen LogP contribution in [-0.2, 0) is 0 Å². The van der Waals surface area contributed by atoms with Gasteiger partial charge in [-0.2, -0.15) is 5.10 Å². The maximum absolute atomic E-state index is 12.1. The van der Waals surface area contributed by atoms with E-state index in [0.717, 1.165) is 19.5 Å². The van der Waals surface area contributed by atoms with Crippen molar-refractivity contribution in [2.75, 3.05) is 5.32 Å². The number of rotatable bonds is 2. The predicted molar refractivity (Wildman–Crippen MR) is 81.1 cm³/mol. The molecule has 0 aliphatic heterocycles. The average Bonchev–Trinajstić information content (AvgIpc) is 2.97. The number of nitrogens with one attached hydrogen (secondary N) is 2. The van der Waals surface area contributed by atoms with Gasteiger partial charge >= 0.3 is 0 Å². The van der Waals surface area contributed by atoms with Crippen LogP contribution in [0.25, 0.3) is 10.9 Å². The zero-order valence-electron chi connectivity index (χ0n) is 9.11. The number of amides is 1. The highest BCUT2D eigenvalue weighted by atomic mass is 127. The van der Waals surface area contributed by atoms with Crippen molar-refractivity contribution < 1.29 is 4.79 Å². The van der Waals surface area contributed by atoms with Crippen LogP contribution >= 0.6 is 33.9 Å². The minimum atomic E-state index is -0.101. The zero-order valence-corrected chi connectivity index (χ0v) is 12.1. The summed E-state index contributed by atoms with van der Waals surface area (Å²) in [4.78, 5) is 12.1.